The molecule has 0 radical (unpaired) electrons. The number of carbonyl (C=O) groups excluding carboxylic acids is 2. The first kappa shape index (κ1) is 17.3. The van der Waals surface area contributed by atoms with Crippen LogP contribution in [0.5, 0.6) is 5.75 Å². The Morgan fingerprint density at radius 1 is 1.35 bits per heavy atom. The van der Waals surface area contributed by atoms with Gasteiger partial charge >= 0.3 is 0 Å². The van der Waals surface area contributed by atoms with Gasteiger partial charge < -0.3 is 20.1 Å². The van der Waals surface area contributed by atoms with Gasteiger partial charge in [-0.25, -0.2) is 0 Å². The SMILES string of the molecule is CC(C)CO[C@@H](C)C(=O)N[C@H](C)c1ccc2c(c1)NC(=O)CO2. The van der Waals surface area contributed by atoms with Crippen LogP contribution in [-0.4, -0.2) is 31.1 Å². The number of fused-ring (bicyclic) bond motifs is 1. The molecule has 0 bridgehead atoms. The van der Waals surface area contributed by atoms with Crippen LogP contribution >= 0.6 is 0 Å². The highest BCUT2D eigenvalue weighted by atomic mass is 16.5. The molecule has 1 aliphatic heterocycles. The fourth-order valence-corrected chi connectivity index (χ4v) is 2.20. The summed E-state index contributed by atoms with van der Waals surface area (Å²) in [5, 5.41) is 5.68. The molecule has 0 aliphatic carbocycles. The van der Waals surface area contributed by atoms with Gasteiger partial charge in [0.25, 0.3) is 5.91 Å². The van der Waals surface area contributed by atoms with E-state index in [1.165, 1.54) is 0 Å². The normalized spacial score (nSPS) is 16.1. The monoisotopic (exact) mass is 320 g/mol. The Hall–Kier alpha value is -2.08. The molecule has 2 amide bonds. The van der Waals surface area contributed by atoms with Crippen molar-refractivity contribution in [1.29, 1.82) is 0 Å². The standard InChI is InChI=1S/C17H24N2O4/c1-10(2)8-22-12(4)17(21)18-11(3)13-5-6-15-14(7-13)19-16(20)9-23-15/h5-7,10-12H,8-9H2,1-4H3,(H,18,21)(H,19,20)/t11-,12+/m1/s1. The third-order valence-corrected chi connectivity index (χ3v) is 3.54. The van der Waals surface area contributed by atoms with Crippen molar-refractivity contribution >= 4 is 17.5 Å². The van der Waals surface area contributed by atoms with Crippen molar-refractivity contribution in [3.05, 3.63) is 23.8 Å². The van der Waals surface area contributed by atoms with Gasteiger partial charge in [0.1, 0.15) is 11.9 Å². The minimum absolute atomic E-state index is 0.0311. The smallest absolute Gasteiger partial charge is 0.262 e. The van der Waals surface area contributed by atoms with E-state index in [2.05, 4.69) is 10.6 Å². The highest BCUT2D eigenvalue weighted by Crippen LogP contribution is 2.30. The zero-order valence-electron chi connectivity index (χ0n) is 14.0. The summed E-state index contributed by atoms with van der Waals surface area (Å²) in [5.74, 6) is 0.686. The second-order valence-electron chi connectivity index (χ2n) is 6.19. The highest BCUT2D eigenvalue weighted by molar-refractivity contribution is 5.95. The predicted octanol–water partition coefficient (Wildman–Crippen LogP) is 2.26. The molecule has 126 valence electrons. The average Bonchev–Trinajstić information content (AvgIpc) is 2.51. The van der Waals surface area contributed by atoms with E-state index in [0.29, 0.717) is 24.0 Å². The molecule has 6 heteroatoms. The topological polar surface area (TPSA) is 76.7 Å². The maximum Gasteiger partial charge on any atom is 0.262 e. The number of hydrogen-bond acceptors (Lipinski definition) is 4. The second-order valence-corrected chi connectivity index (χ2v) is 6.19. The molecule has 0 aromatic heterocycles. The Kier molecular flexibility index (Phi) is 5.60. The Balaban J connectivity index is 1.97. The van der Waals surface area contributed by atoms with Crippen LogP contribution in [0.2, 0.25) is 0 Å². The van der Waals surface area contributed by atoms with Crippen LogP contribution in [0.1, 0.15) is 39.3 Å². The number of carbonyl (C=O) groups is 2. The summed E-state index contributed by atoms with van der Waals surface area (Å²) in [6.07, 6.45) is -0.500. The van der Waals surface area contributed by atoms with Crippen molar-refractivity contribution in [1.82, 2.24) is 5.32 Å². The fraction of sp³-hybridized carbons (Fsp3) is 0.529. The number of rotatable bonds is 6. The summed E-state index contributed by atoms with van der Waals surface area (Å²) in [7, 11) is 0. The molecule has 1 aromatic rings. The van der Waals surface area contributed by atoms with E-state index < -0.39 is 6.10 Å². The first-order valence-corrected chi connectivity index (χ1v) is 7.85. The van der Waals surface area contributed by atoms with Crippen LogP contribution < -0.4 is 15.4 Å². The van der Waals surface area contributed by atoms with Gasteiger partial charge in [-0.3, -0.25) is 9.59 Å². The molecule has 23 heavy (non-hydrogen) atoms. The largest absolute Gasteiger partial charge is 0.482 e. The number of amides is 2. The Labute approximate surface area is 136 Å². The zero-order chi connectivity index (χ0) is 17.0. The summed E-state index contributed by atoms with van der Waals surface area (Å²) in [5.41, 5.74) is 1.52. The minimum Gasteiger partial charge on any atom is -0.482 e. The van der Waals surface area contributed by atoms with Crippen LogP contribution in [0.15, 0.2) is 18.2 Å². The molecule has 0 fully saturated rings. The van der Waals surface area contributed by atoms with Crippen LogP contribution in [-0.2, 0) is 14.3 Å². The summed E-state index contributed by atoms with van der Waals surface area (Å²) in [4.78, 5) is 23.5. The van der Waals surface area contributed by atoms with Crippen molar-refractivity contribution in [2.45, 2.75) is 39.8 Å². The van der Waals surface area contributed by atoms with Crippen LogP contribution in [0.25, 0.3) is 0 Å². The molecule has 0 saturated carbocycles. The van der Waals surface area contributed by atoms with Crippen molar-refractivity contribution in [3.63, 3.8) is 0 Å². The second kappa shape index (κ2) is 7.46. The first-order chi connectivity index (χ1) is 10.9. The van der Waals surface area contributed by atoms with Gasteiger partial charge in [0.05, 0.1) is 11.7 Å². The summed E-state index contributed by atoms with van der Waals surface area (Å²) in [6.45, 7) is 8.29. The lowest BCUT2D eigenvalue weighted by atomic mass is 10.1. The van der Waals surface area contributed by atoms with Gasteiger partial charge in [-0.1, -0.05) is 19.9 Å². The maximum atomic E-state index is 12.1. The molecule has 0 saturated heterocycles. The van der Waals surface area contributed by atoms with E-state index in [1.54, 1.807) is 13.0 Å². The van der Waals surface area contributed by atoms with E-state index in [4.69, 9.17) is 9.47 Å². The number of hydrogen-bond donors (Lipinski definition) is 2. The molecule has 0 unspecified atom stereocenters. The number of benzene rings is 1. The molecule has 2 rings (SSSR count). The maximum absolute atomic E-state index is 12.1. The van der Waals surface area contributed by atoms with Gasteiger partial charge in [0, 0.05) is 6.61 Å². The van der Waals surface area contributed by atoms with Crippen LogP contribution in [0.4, 0.5) is 5.69 Å². The fourth-order valence-electron chi connectivity index (χ4n) is 2.20. The number of ether oxygens (including phenoxy) is 2. The van der Waals surface area contributed by atoms with Gasteiger partial charge in [-0.15, -0.1) is 0 Å². The molecule has 1 heterocycles. The van der Waals surface area contributed by atoms with E-state index in [0.717, 1.165) is 5.56 Å². The first-order valence-electron chi connectivity index (χ1n) is 7.85. The molecule has 6 nitrogen and oxygen atoms in total. The van der Waals surface area contributed by atoms with Crippen molar-refractivity contribution < 1.29 is 19.1 Å². The lowest BCUT2D eigenvalue weighted by Crippen LogP contribution is -2.36. The molecule has 1 aliphatic rings. The van der Waals surface area contributed by atoms with Gasteiger partial charge in [0.15, 0.2) is 6.61 Å². The number of anilines is 1. The summed E-state index contributed by atoms with van der Waals surface area (Å²) in [6, 6.07) is 5.29. The molecule has 1 aromatic carbocycles. The van der Waals surface area contributed by atoms with Crippen molar-refractivity contribution in [2.75, 3.05) is 18.5 Å². The van der Waals surface area contributed by atoms with Crippen molar-refractivity contribution in [3.8, 4) is 5.75 Å². The Morgan fingerprint density at radius 3 is 2.78 bits per heavy atom. The highest BCUT2D eigenvalue weighted by Gasteiger charge is 2.20. The summed E-state index contributed by atoms with van der Waals surface area (Å²) >= 11 is 0. The molecular weight excluding hydrogens is 296 g/mol. The Morgan fingerprint density at radius 2 is 2.09 bits per heavy atom. The van der Waals surface area contributed by atoms with E-state index in [1.807, 2.05) is 32.9 Å². The lowest BCUT2D eigenvalue weighted by Gasteiger charge is -2.22. The minimum atomic E-state index is -0.500. The third-order valence-electron chi connectivity index (χ3n) is 3.54. The third kappa shape index (κ3) is 4.69. The number of nitrogens with one attached hydrogen (secondary N) is 2. The van der Waals surface area contributed by atoms with Crippen LogP contribution in [0, 0.1) is 5.92 Å². The molecular formula is C17H24N2O4. The molecule has 2 N–H and O–H groups in total. The van der Waals surface area contributed by atoms with E-state index in [9.17, 15) is 9.59 Å². The van der Waals surface area contributed by atoms with Crippen molar-refractivity contribution in [2.24, 2.45) is 5.92 Å². The molecule has 0 spiro atoms. The Bertz CT molecular complexity index is 586. The van der Waals surface area contributed by atoms with E-state index in [-0.39, 0.29) is 24.5 Å². The lowest BCUT2D eigenvalue weighted by molar-refractivity contribution is -0.133. The van der Waals surface area contributed by atoms with Gasteiger partial charge in [-0.2, -0.15) is 0 Å². The quantitative estimate of drug-likeness (QED) is 0.843. The average molecular weight is 320 g/mol. The van der Waals surface area contributed by atoms with Crippen LogP contribution in [0.3, 0.4) is 0 Å². The van der Waals surface area contributed by atoms with Gasteiger partial charge in [0.2, 0.25) is 5.91 Å². The zero-order valence-corrected chi connectivity index (χ0v) is 14.0. The predicted molar refractivity (Wildman–Crippen MR) is 87.4 cm³/mol. The van der Waals surface area contributed by atoms with E-state index >= 15 is 0 Å². The summed E-state index contributed by atoms with van der Waals surface area (Å²) < 4.78 is 10.8. The molecule has 2 atom stereocenters. The van der Waals surface area contributed by atoms with Gasteiger partial charge in [-0.05, 0) is 37.5 Å².